The van der Waals surface area contributed by atoms with Crippen molar-refractivity contribution in [3.05, 3.63) is 4.88 Å². The number of carbonyl (C=O) groups excluding carboxylic acids is 1. The summed E-state index contributed by atoms with van der Waals surface area (Å²) in [5.74, 6) is 0.146. The Balaban J connectivity index is 3.10. The van der Waals surface area contributed by atoms with Gasteiger partial charge in [-0.05, 0) is 18.6 Å². The Bertz CT molecular complexity index is 444. The molecule has 108 valence electrons. The minimum absolute atomic E-state index is 0.370. The number of nitrogens with one attached hydrogen (secondary N) is 1. The molecule has 6 heteroatoms. The number of hydrogen-bond acceptors (Lipinski definition) is 6. The lowest BCUT2D eigenvalue weighted by molar-refractivity contribution is 0.0607. The Morgan fingerprint density at radius 2 is 2.16 bits per heavy atom. The van der Waals surface area contributed by atoms with Crippen molar-refractivity contribution in [1.82, 2.24) is 0 Å². The van der Waals surface area contributed by atoms with Gasteiger partial charge in [0.05, 0.1) is 17.7 Å². The summed E-state index contributed by atoms with van der Waals surface area (Å²) in [5, 5.41) is 4.46. The molecule has 1 aromatic rings. The maximum atomic E-state index is 11.7. The molecule has 1 unspecified atom stereocenters. The zero-order valence-electron chi connectivity index (χ0n) is 12.1. The molecule has 0 amide bonds. The van der Waals surface area contributed by atoms with Crippen LogP contribution in [0.4, 0.5) is 10.7 Å². The molecule has 19 heavy (non-hydrogen) atoms. The topological polar surface area (TPSA) is 64.3 Å². The number of esters is 1. The number of thioether (sulfide) groups is 1. The van der Waals surface area contributed by atoms with E-state index in [9.17, 15) is 4.79 Å². The highest BCUT2D eigenvalue weighted by atomic mass is 32.2. The van der Waals surface area contributed by atoms with Crippen molar-refractivity contribution in [1.29, 1.82) is 0 Å². The number of carbonyl (C=O) groups is 1. The summed E-state index contributed by atoms with van der Waals surface area (Å²) in [6, 6.07) is 0.370. The second-order valence-electron chi connectivity index (χ2n) is 4.60. The first kappa shape index (κ1) is 16.2. The first-order valence-electron chi connectivity index (χ1n) is 6.27. The highest BCUT2D eigenvalue weighted by Crippen LogP contribution is 2.42. The molecular formula is C13H22N2O2S2. The molecule has 0 bridgehead atoms. The molecule has 0 saturated carbocycles. The van der Waals surface area contributed by atoms with Crippen LogP contribution >= 0.6 is 23.1 Å². The molecule has 3 N–H and O–H groups in total. The molecular weight excluding hydrogens is 280 g/mol. The Morgan fingerprint density at radius 1 is 1.53 bits per heavy atom. The van der Waals surface area contributed by atoms with Crippen LogP contribution < -0.4 is 11.1 Å². The van der Waals surface area contributed by atoms with Crippen LogP contribution in [-0.2, 0) is 4.74 Å². The van der Waals surface area contributed by atoms with Gasteiger partial charge in [0.15, 0.2) is 0 Å². The summed E-state index contributed by atoms with van der Waals surface area (Å²) >= 11 is 2.92. The molecule has 1 rings (SSSR count). The van der Waals surface area contributed by atoms with Gasteiger partial charge in [-0.2, -0.15) is 0 Å². The molecule has 0 aromatic carbocycles. The molecule has 0 aliphatic carbocycles. The average molecular weight is 302 g/mol. The third-order valence-corrected chi connectivity index (χ3v) is 5.11. The predicted molar refractivity (Wildman–Crippen MR) is 84.4 cm³/mol. The maximum Gasteiger partial charge on any atom is 0.350 e. The molecule has 0 radical (unpaired) electrons. The van der Waals surface area contributed by atoms with Crippen molar-refractivity contribution in [2.75, 3.05) is 24.4 Å². The van der Waals surface area contributed by atoms with Crippen LogP contribution in [0, 0.1) is 5.92 Å². The van der Waals surface area contributed by atoms with Crippen LogP contribution in [0.2, 0.25) is 0 Å². The Morgan fingerprint density at radius 3 is 2.58 bits per heavy atom. The molecule has 0 aliphatic heterocycles. The van der Waals surface area contributed by atoms with Gasteiger partial charge in [-0.25, -0.2) is 4.79 Å². The van der Waals surface area contributed by atoms with Crippen molar-refractivity contribution in [3.63, 3.8) is 0 Å². The van der Waals surface area contributed by atoms with Gasteiger partial charge in [0.25, 0.3) is 0 Å². The molecule has 0 fully saturated rings. The number of anilines is 2. The summed E-state index contributed by atoms with van der Waals surface area (Å²) in [6.45, 7) is 6.50. The first-order valence-corrected chi connectivity index (χ1v) is 8.31. The summed E-state index contributed by atoms with van der Waals surface area (Å²) in [5.41, 5.74) is 6.55. The average Bonchev–Trinajstić information content (AvgIpc) is 2.70. The normalized spacial score (nSPS) is 12.5. The van der Waals surface area contributed by atoms with Crippen LogP contribution in [0.15, 0.2) is 4.90 Å². The third kappa shape index (κ3) is 3.57. The quantitative estimate of drug-likeness (QED) is 0.620. The van der Waals surface area contributed by atoms with Crippen LogP contribution in [-0.4, -0.2) is 25.4 Å². The van der Waals surface area contributed by atoms with E-state index in [0.29, 0.717) is 22.5 Å². The molecule has 1 heterocycles. The summed E-state index contributed by atoms with van der Waals surface area (Å²) < 4.78 is 4.76. The van der Waals surface area contributed by atoms with Gasteiger partial charge in [-0.15, -0.1) is 23.1 Å². The largest absolute Gasteiger partial charge is 0.465 e. The van der Waals surface area contributed by atoms with Gasteiger partial charge in [0, 0.05) is 6.04 Å². The number of ether oxygens (including phenoxy) is 1. The summed E-state index contributed by atoms with van der Waals surface area (Å²) in [6.07, 6.45) is 2.98. The van der Waals surface area contributed by atoms with E-state index in [2.05, 4.69) is 26.1 Å². The number of nitrogen functional groups attached to an aromatic ring is 1. The predicted octanol–water partition coefficient (Wildman–Crippen LogP) is 3.69. The highest BCUT2D eigenvalue weighted by Gasteiger charge is 2.23. The third-order valence-electron chi connectivity index (χ3n) is 3.04. The monoisotopic (exact) mass is 302 g/mol. The van der Waals surface area contributed by atoms with Crippen molar-refractivity contribution in [2.24, 2.45) is 5.92 Å². The number of thiophene rings is 1. The number of methoxy groups -OCH3 is 1. The van der Waals surface area contributed by atoms with Gasteiger partial charge in [-0.1, -0.05) is 20.8 Å². The van der Waals surface area contributed by atoms with Gasteiger partial charge in [0.1, 0.15) is 9.88 Å². The minimum atomic E-state index is -0.372. The number of rotatable bonds is 6. The lowest BCUT2D eigenvalue weighted by Gasteiger charge is -2.21. The van der Waals surface area contributed by atoms with E-state index < -0.39 is 0 Å². The van der Waals surface area contributed by atoms with Crippen molar-refractivity contribution in [2.45, 2.75) is 38.1 Å². The molecule has 1 aromatic heterocycles. The SMILES string of the molecule is CCC(Nc1sc(C(=O)OC)c(N)c1SC)C(C)C. The van der Waals surface area contributed by atoms with Gasteiger partial charge >= 0.3 is 5.97 Å². The van der Waals surface area contributed by atoms with Gasteiger partial charge in [0.2, 0.25) is 0 Å². The van der Waals surface area contributed by atoms with E-state index in [-0.39, 0.29) is 5.97 Å². The fourth-order valence-corrected chi connectivity index (χ4v) is 3.88. The zero-order valence-corrected chi connectivity index (χ0v) is 13.7. The lowest BCUT2D eigenvalue weighted by Crippen LogP contribution is -2.24. The smallest absolute Gasteiger partial charge is 0.350 e. The minimum Gasteiger partial charge on any atom is -0.465 e. The highest BCUT2D eigenvalue weighted by molar-refractivity contribution is 7.99. The second kappa shape index (κ2) is 7.05. The van der Waals surface area contributed by atoms with Crippen molar-refractivity contribution >= 4 is 39.8 Å². The second-order valence-corrected chi connectivity index (χ2v) is 6.44. The van der Waals surface area contributed by atoms with E-state index in [1.807, 2.05) is 6.26 Å². The number of hydrogen-bond donors (Lipinski definition) is 2. The standard InChI is InChI=1S/C13H22N2O2S2/c1-6-8(7(2)3)15-12-10(18-5)9(14)11(19-12)13(16)17-4/h7-8,15H,6,14H2,1-5H3. The van der Waals surface area contributed by atoms with Crippen LogP contribution in [0.3, 0.4) is 0 Å². The Hall–Kier alpha value is -0.880. The fraction of sp³-hybridized carbons (Fsp3) is 0.615. The van der Waals surface area contributed by atoms with E-state index in [4.69, 9.17) is 10.5 Å². The van der Waals surface area contributed by atoms with E-state index in [1.54, 1.807) is 11.8 Å². The van der Waals surface area contributed by atoms with Crippen LogP contribution in [0.1, 0.15) is 36.9 Å². The number of nitrogens with two attached hydrogens (primary N) is 1. The molecule has 4 nitrogen and oxygen atoms in total. The van der Waals surface area contributed by atoms with Gasteiger partial charge in [-0.3, -0.25) is 0 Å². The summed E-state index contributed by atoms with van der Waals surface area (Å²) in [4.78, 5) is 13.1. The van der Waals surface area contributed by atoms with E-state index in [1.165, 1.54) is 18.4 Å². The van der Waals surface area contributed by atoms with E-state index >= 15 is 0 Å². The van der Waals surface area contributed by atoms with Crippen LogP contribution in [0.25, 0.3) is 0 Å². The van der Waals surface area contributed by atoms with E-state index in [0.717, 1.165) is 16.3 Å². The molecule has 0 saturated heterocycles. The molecule has 1 atom stereocenters. The zero-order chi connectivity index (χ0) is 14.6. The van der Waals surface area contributed by atoms with Crippen molar-refractivity contribution in [3.8, 4) is 0 Å². The summed E-state index contributed by atoms with van der Waals surface area (Å²) in [7, 11) is 1.37. The van der Waals surface area contributed by atoms with Crippen LogP contribution in [0.5, 0.6) is 0 Å². The lowest BCUT2D eigenvalue weighted by atomic mass is 10.0. The molecule has 0 spiro atoms. The maximum absolute atomic E-state index is 11.7. The Kier molecular flexibility index (Phi) is 6.00. The first-order chi connectivity index (χ1) is 8.96. The fourth-order valence-electron chi connectivity index (χ4n) is 1.88. The Labute approximate surface area is 123 Å². The van der Waals surface area contributed by atoms with Gasteiger partial charge < -0.3 is 15.8 Å². The van der Waals surface area contributed by atoms with Crippen molar-refractivity contribution < 1.29 is 9.53 Å². The molecule has 0 aliphatic rings.